The predicted octanol–water partition coefficient (Wildman–Crippen LogP) is 6.40. The number of hydrogen-bond acceptors (Lipinski definition) is 2. The Labute approximate surface area is 141 Å². The summed E-state index contributed by atoms with van der Waals surface area (Å²) in [6.45, 7) is 0. The monoisotopic (exact) mass is 387 g/mol. The number of anilines is 1. The Bertz CT molecular complexity index is 648. The molecule has 0 bridgehead atoms. The summed E-state index contributed by atoms with van der Waals surface area (Å²) in [5.41, 5.74) is 2.28. The highest BCUT2D eigenvalue weighted by Crippen LogP contribution is 2.41. The van der Waals surface area contributed by atoms with Gasteiger partial charge in [0.25, 0.3) is 0 Å². The average molecular weight is 389 g/mol. The quantitative estimate of drug-likeness (QED) is 0.638. The van der Waals surface area contributed by atoms with E-state index in [1.54, 1.807) is 0 Å². The van der Waals surface area contributed by atoms with Gasteiger partial charge in [0.15, 0.2) is 0 Å². The van der Waals surface area contributed by atoms with Gasteiger partial charge in [-0.25, -0.2) is 0 Å². The van der Waals surface area contributed by atoms with Crippen LogP contribution in [0.1, 0.15) is 18.0 Å². The van der Waals surface area contributed by atoms with Crippen LogP contribution in [0.4, 0.5) is 5.69 Å². The van der Waals surface area contributed by atoms with Crippen molar-refractivity contribution in [1.29, 1.82) is 0 Å². The lowest BCUT2D eigenvalue weighted by atomic mass is 10.0. The van der Waals surface area contributed by atoms with Gasteiger partial charge in [0.05, 0.1) is 21.2 Å². The molecule has 1 aliphatic rings. The van der Waals surface area contributed by atoms with Crippen molar-refractivity contribution in [2.45, 2.75) is 17.4 Å². The zero-order valence-electron chi connectivity index (χ0n) is 10.5. The van der Waals surface area contributed by atoms with Crippen LogP contribution in [0.25, 0.3) is 0 Å². The summed E-state index contributed by atoms with van der Waals surface area (Å²) >= 11 is 17.7. The summed E-state index contributed by atoms with van der Waals surface area (Å²) in [5.74, 6) is 1.10. The highest BCUT2D eigenvalue weighted by molar-refractivity contribution is 9.10. The maximum Gasteiger partial charge on any atom is 0.0593 e. The second-order valence-corrected chi connectivity index (χ2v) is 7.39. The number of halogens is 3. The Morgan fingerprint density at radius 3 is 2.90 bits per heavy atom. The molecule has 2 aromatic carbocycles. The summed E-state index contributed by atoms with van der Waals surface area (Å²) in [5, 5.41) is 5.07. The Hall–Kier alpha value is -0.350. The second kappa shape index (κ2) is 6.18. The van der Waals surface area contributed by atoms with Gasteiger partial charge in [-0.3, -0.25) is 0 Å². The first-order valence-electron chi connectivity index (χ1n) is 6.28. The van der Waals surface area contributed by atoms with Crippen molar-refractivity contribution in [3.63, 3.8) is 0 Å². The normalized spacial score (nSPS) is 17.6. The molecule has 0 aliphatic carbocycles. The molecule has 3 rings (SSSR count). The van der Waals surface area contributed by atoms with E-state index in [-0.39, 0.29) is 6.04 Å². The van der Waals surface area contributed by atoms with Crippen LogP contribution in [0.3, 0.4) is 0 Å². The number of nitrogens with one attached hydrogen (secondary N) is 1. The van der Waals surface area contributed by atoms with Crippen LogP contribution in [0.15, 0.2) is 45.8 Å². The highest BCUT2D eigenvalue weighted by Gasteiger charge is 2.21. The molecule has 1 nitrogen and oxygen atoms in total. The zero-order chi connectivity index (χ0) is 14.1. The molecule has 0 saturated carbocycles. The van der Waals surface area contributed by atoms with Crippen LogP contribution < -0.4 is 5.32 Å². The summed E-state index contributed by atoms with van der Waals surface area (Å²) in [7, 11) is 0. The van der Waals surface area contributed by atoms with E-state index in [4.69, 9.17) is 23.2 Å². The van der Waals surface area contributed by atoms with Gasteiger partial charge in [-0.05, 0) is 58.2 Å². The standard InChI is InChI=1S/C15H12BrCl2NS/c16-15-11(18)2-1-3-13(15)19-12-6-7-20-14-5-4-9(17)8-10(12)14/h1-5,8,12,19H,6-7H2. The summed E-state index contributed by atoms with van der Waals surface area (Å²) in [4.78, 5) is 1.30. The third-order valence-electron chi connectivity index (χ3n) is 3.29. The number of fused-ring (bicyclic) bond motifs is 1. The Morgan fingerprint density at radius 2 is 2.05 bits per heavy atom. The molecular weight excluding hydrogens is 377 g/mol. The molecule has 0 aromatic heterocycles. The molecule has 0 radical (unpaired) electrons. The molecule has 1 N–H and O–H groups in total. The van der Waals surface area contributed by atoms with Gasteiger partial charge in [-0.1, -0.05) is 29.3 Å². The summed E-state index contributed by atoms with van der Waals surface area (Å²) < 4.78 is 0.906. The van der Waals surface area contributed by atoms with Crippen LogP contribution in [-0.4, -0.2) is 5.75 Å². The fourth-order valence-corrected chi connectivity index (χ4v) is 4.16. The van der Waals surface area contributed by atoms with Gasteiger partial charge in [0.2, 0.25) is 0 Å². The Balaban J connectivity index is 1.93. The molecule has 1 heterocycles. The van der Waals surface area contributed by atoms with Gasteiger partial charge in [-0.2, -0.15) is 0 Å². The van der Waals surface area contributed by atoms with Crippen LogP contribution in [0.2, 0.25) is 10.0 Å². The largest absolute Gasteiger partial charge is 0.377 e. The molecule has 2 aromatic rings. The molecule has 0 saturated heterocycles. The fourth-order valence-electron chi connectivity index (χ4n) is 2.32. The van der Waals surface area contributed by atoms with Gasteiger partial charge < -0.3 is 5.32 Å². The third kappa shape index (κ3) is 2.96. The SMILES string of the molecule is Clc1ccc2c(c1)C(Nc1cccc(Cl)c1Br)CCS2. The maximum atomic E-state index is 6.14. The van der Waals surface area contributed by atoms with Crippen LogP contribution >= 0.6 is 50.9 Å². The van der Waals surface area contributed by atoms with Crippen molar-refractivity contribution < 1.29 is 0 Å². The van der Waals surface area contributed by atoms with Crippen molar-refractivity contribution in [3.05, 3.63) is 56.5 Å². The smallest absolute Gasteiger partial charge is 0.0593 e. The van der Waals surface area contributed by atoms with E-state index in [0.717, 1.165) is 27.4 Å². The molecular formula is C15H12BrCl2NS. The molecule has 1 atom stereocenters. The van der Waals surface area contributed by atoms with E-state index in [9.17, 15) is 0 Å². The molecule has 0 spiro atoms. The lowest BCUT2D eigenvalue weighted by Gasteiger charge is -2.27. The lowest BCUT2D eigenvalue weighted by molar-refractivity contribution is 0.728. The van der Waals surface area contributed by atoms with Gasteiger partial charge >= 0.3 is 0 Å². The third-order valence-corrected chi connectivity index (χ3v) is 6.05. The van der Waals surface area contributed by atoms with Crippen molar-refractivity contribution in [1.82, 2.24) is 0 Å². The first-order chi connectivity index (χ1) is 9.65. The van der Waals surface area contributed by atoms with E-state index in [2.05, 4.69) is 33.4 Å². The number of hydrogen-bond donors (Lipinski definition) is 1. The molecule has 0 amide bonds. The summed E-state index contributed by atoms with van der Waals surface area (Å²) in [6, 6.07) is 12.2. The van der Waals surface area contributed by atoms with Gasteiger partial charge in [-0.15, -0.1) is 11.8 Å². The molecule has 0 fully saturated rings. The minimum Gasteiger partial charge on any atom is -0.377 e. The van der Waals surface area contributed by atoms with Crippen molar-refractivity contribution in [2.24, 2.45) is 0 Å². The molecule has 5 heteroatoms. The second-order valence-electron chi connectivity index (χ2n) is 4.62. The highest BCUT2D eigenvalue weighted by atomic mass is 79.9. The van der Waals surface area contributed by atoms with Crippen molar-refractivity contribution in [3.8, 4) is 0 Å². The fraction of sp³-hybridized carbons (Fsp3) is 0.200. The number of benzene rings is 2. The molecule has 1 unspecified atom stereocenters. The summed E-state index contributed by atoms with van der Waals surface area (Å²) in [6.07, 6.45) is 1.07. The number of thioether (sulfide) groups is 1. The van der Waals surface area contributed by atoms with E-state index >= 15 is 0 Å². The van der Waals surface area contributed by atoms with Gasteiger partial charge in [0, 0.05) is 15.7 Å². The average Bonchev–Trinajstić information content (AvgIpc) is 2.44. The van der Waals surface area contributed by atoms with Crippen molar-refractivity contribution >= 4 is 56.6 Å². The van der Waals surface area contributed by atoms with E-state index in [0.29, 0.717) is 5.02 Å². The first-order valence-corrected chi connectivity index (χ1v) is 8.81. The lowest BCUT2D eigenvalue weighted by Crippen LogP contribution is -2.16. The topological polar surface area (TPSA) is 12.0 Å². The van der Waals surface area contributed by atoms with Crippen LogP contribution in [0.5, 0.6) is 0 Å². The van der Waals surface area contributed by atoms with Crippen molar-refractivity contribution in [2.75, 3.05) is 11.1 Å². The van der Waals surface area contributed by atoms with Gasteiger partial charge in [0.1, 0.15) is 0 Å². The van der Waals surface area contributed by atoms with E-state index < -0.39 is 0 Å². The van der Waals surface area contributed by atoms with Crippen LogP contribution in [0, 0.1) is 0 Å². The number of rotatable bonds is 2. The van der Waals surface area contributed by atoms with Crippen LogP contribution in [-0.2, 0) is 0 Å². The predicted molar refractivity (Wildman–Crippen MR) is 92.3 cm³/mol. The molecule has 104 valence electrons. The zero-order valence-corrected chi connectivity index (χ0v) is 14.4. The minimum absolute atomic E-state index is 0.264. The first kappa shape index (κ1) is 14.6. The van der Waals surface area contributed by atoms with E-state index in [1.807, 2.05) is 36.0 Å². The minimum atomic E-state index is 0.264. The molecule has 1 aliphatic heterocycles. The Morgan fingerprint density at radius 1 is 1.20 bits per heavy atom. The van der Waals surface area contributed by atoms with E-state index in [1.165, 1.54) is 10.5 Å². The maximum absolute atomic E-state index is 6.14. The Kier molecular flexibility index (Phi) is 4.51. The molecule has 20 heavy (non-hydrogen) atoms.